The van der Waals surface area contributed by atoms with Crippen molar-refractivity contribution in [3.05, 3.63) is 72.3 Å². The van der Waals surface area contributed by atoms with E-state index in [1.165, 1.54) is 5.56 Å². The zero-order chi connectivity index (χ0) is 20.3. The monoisotopic (exact) mass is 520 g/mol. The maximum atomic E-state index is 5.99. The minimum atomic E-state index is 0. The van der Waals surface area contributed by atoms with Gasteiger partial charge in [-0.15, -0.1) is 24.0 Å². The van der Waals surface area contributed by atoms with Crippen LogP contribution in [0.15, 0.2) is 66.2 Å². The fourth-order valence-electron chi connectivity index (χ4n) is 2.99. The Morgan fingerprint density at radius 3 is 2.70 bits per heavy atom. The van der Waals surface area contributed by atoms with Gasteiger partial charge in [0.05, 0.1) is 13.1 Å². The number of rotatable bonds is 10. The lowest BCUT2D eigenvalue weighted by molar-refractivity contribution is 0.145. The molecular weight excluding hydrogens is 491 g/mol. The second-order valence-electron chi connectivity index (χ2n) is 6.63. The molecule has 0 unspecified atom stereocenters. The van der Waals surface area contributed by atoms with Crippen LogP contribution in [0.2, 0.25) is 0 Å². The molecule has 0 saturated heterocycles. The van der Waals surface area contributed by atoms with Gasteiger partial charge in [0, 0.05) is 19.8 Å². The number of hydrogen-bond acceptors (Lipinski definition) is 4. The smallest absolute Gasteiger partial charge is 0.188 e. The van der Waals surface area contributed by atoms with Crippen molar-refractivity contribution in [1.29, 1.82) is 0 Å². The number of guanidine groups is 1. The lowest BCUT2D eigenvalue weighted by Crippen LogP contribution is -2.32. The van der Waals surface area contributed by atoms with Gasteiger partial charge in [0.1, 0.15) is 12.7 Å². The summed E-state index contributed by atoms with van der Waals surface area (Å²) in [6.45, 7) is 5.45. The molecule has 7 nitrogen and oxygen atoms in total. The molecule has 1 aromatic heterocycles. The van der Waals surface area contributed by atoms with Gasteiger partial charge in [-0.05, 0) is 35.6 Å². The number of ether oxygens (including phenoxy) is 1. The van der Waals surface area contributed by atoms with Gasteiger partial charge in [-0.1, -0.05) is 48.5 Å². The van der Waals surface area contributed by atoms with E-state index in [2.05, 4.69) is 56.8 Å². The van der Waals surface area contributed by atoms with Crippen molar-refractivity contribution in [2.75, 3.05) is 19.8 Å². The molecule has 3 N–H and O–H groups in total. The van der Waals surface area contributed by atoms with E-state index >= 15 is 0 Å². The summed E-state index contributed by atoms with van der Waals surface area (Å²) >= 11 is 0. The SMILES string of the molecule is CCOCCCNC(N)=NCc1ccccc1-c1ccc(Cn2cncn2)cc1.I. The molecule has 3 rings (SSSR count). The molecule has 0 amide bonds. The van der Waals surface area contributed by atoms with Gasteiger partial charge in [-0.25, -0.2) is 14.7 Å². The Morgan fingerprint density at radius 1 is 1.17 bits per heavy atom. The number of aliphatic imine (C=N–C) groups is 1. The number of nitrogens with one attached hydrogen (secondary N) is 1. The van der Waals surface area contributed by atoms with Crippen LogP contribution in [-0.2, 0) is 17.8 Å². The number of nitrogens with two attached hydrogens (primary N) is 1. The maximum Gasteiger partial charge on any atom is 0.188 e. The van der Waals surface area contributed by atoms with E-state index in [1.807, 2.05) is 23.7 Å². The second kappa shape index (κ2) is 13.0. The molecule has 1 heterocycles. The summed E-state index contributed by atoms with van der Waals surface area (Å²) in [5.41, 5.74) is 10.6. The molecule has 0 fully saturated rings. The standard InChI is InChI=1S/C22H28N6O.HI/c1-2-29-13-5-12-25-22(23)26-14-20-6-3-4-7-21(20)19-10-8-18(9-11-19)15-28-17-24-16-27-28;/h3-4,6-11,16-17H,2,5,12-15H2,1H3,(H3,23,25,26);1H. The molecule has 2 aromatic carbocycles. The summed E-state index contributed by atoms with van der Waals surface area (Å²) in [4.78, 5) is 8.47. The molecule has 3 aromatic rings. The summed E-state index contributed by atoms with van der Waals surface area (Å²) in [6.07, 6.45) is 4.17. The lowest BCUT2D eigenvalue weighted by atomic mass is 9.98. The average molecular weight is 520 g/mol. The van der Waals surface area contributed by atoms with Crippen LogP contribution in [0.3, 0.4) is 0 Å². The number of hydrogen-bond donors (Lipinski definition) is 2. The van der Waals surface area contributed by atoms with Crippen molar-refractivity contribution >= 4 is 29.9 Å². The van der Waals surface area contributed by atoms with E-state index in [0.717, 1.165) is 42.9 Å². The van der Waals surface area contributed by atoms with Crippen LogP contribution in [0.25, 0.3) is 11.1 Å². The van der Waals surface area contributed by atoms with Crippen LogP contribution in [0.1, 0.15) is 24.5 Å². The third kappa shape index (κ3) is 7.42. The topological polar surface area (TPSA) is 90.3 Å². The van der Waals surface area contributed by atoms with Crippen LogP contribution in [0.5, 0.6) is 0 Å². The van der Waals surface area contributed by atoms with Crippen molar-refractivity contribution in [2.45, 2.75) is 26.4 Å². The van der Waals surface area contributed by atoms with Gasteiger partial charge in [0.15, 0.2) is 5.96 Å². The highest BCUT2D eigenvalue weighted by atomic mass is 127. The second-order valence-corrected chi connectivity index (χ2v) is 6.63. The third-order valence-electron chi connectivity index (χ3n) is 4.49. The van der Waals surface area contributed by atoms with E-state index in [4.69, 9.17) is 10.5 Å². The fraction of sp³-hybridized carbons (Fsp3) is 0.318. The quantitative estimate of drug-likeness (QED) is 0.185. The van der Waals surface area contributed by atoms with Crippen molar-refractivity contribution < 1.29 is 4.74 Å². The van der Waals surface area contributed by atoms with Crippen molar-refractivity contribution in [3.63, 3.8) is 0 Å². The molecule has 0 radical (unpaired) electrons. The fourth-order valence-corrected chi connectivity index (χ4v) is 2.99. The minimum absolute atomic E-state index is 0. The Labute approximate surface area is 194 Å². The molecule has 0 atom stereocenters. The van der Waals surface area contributed by atoms with Gasteiger partial charge in [-0.3, -0.25) is 0 Å². The Morgan fingerprint density at radius 2 is 1.97 bits per heavy atom. The number of benzene rings is 2. The zero-order valence-corrected chi connectivity index (χ0v) is 19.5. The number of aromatic nitrogens is 3. The molecule has 8 heteroatoms. The van der Waals surface area contributed by atoms with Gasteiger partial charge in [0.2, 0.25) is 0 Å². The van der Waals surface area contributed by atoms with E-state index in [0.29, 0.717) is 19.0 Å². The average Bonchev–Trinajstić information content (AvgIpc) is 3.26. The van der Waals surface area contributed by atoms with Crippen LogP contribution in [-0.4, -0.2) is 40.5 Å². The molecule has 0 aliphatic rings. The summed E-state index contributed by atoms with van der Waals surface area (Å²) in [5.74, 6) is 0.458. The molecular formula is C22H29IN6O. The van der Waals surface area contributed by atoms with Crippen LogP contribution < -0.4 is 11.1 Å². The predicted molar refractivity (Wildman–Crippen MR) is 131 cm³/mol. The highest BCUT2D eigenvalue weighted by Crippen LogP contribution is 2.25. The third-order valence-corrected chi connectivity index (χ3v) is 4.49. The largest absolute Gasteiger partial charge is 0.382 e. The van der Waals surface area contributed by atoms with E-state index in [9.17, 15) is 0 Å². The first kappa shape index (κ1) is 23.8. The molecule has 0 aliphatic carbocycles. The summed E-state index contributed by atoms with van der Waals surface area (Å²) in [5, 5.41) is 7.28. The van der Waals surface area contributed by atoms with Gasteiger partial charge >= 0.3 is 0 Å². The highest BCUT2D eigenvalue weighted by Gasteiger charge is 2.05. The molecule has 0 saturated carbocycles. The predicted octanol–water partition coefficient (Wildman–Crippen LogP) is 3.44. The van der Waals surface area contributed by atoms with E-state index in [1.54, 1.807) is 12.7 Å². The Hall–Kier alpha value is -2.46. The Balaban J connectivity index is 0.00000320. The minimum Gasteiger partial charge on any atom is -0.382 e. The van der Waals surface area contributed by atoms with Crippen LogP contribution >= 0.6 is 24.0 Å². The first-order valence-electron chi connectivity index (χ1n) is 9.87. The molecule has 0 spiro atoms. The van der Waals surface area contributed by atoms with E-state index < -0.39 is 0 Å². The van der Waals surface area contributed by atoms with Crippen molar-refractivity contribution in [3.8, 4) is 11.1 Å². The van der Waals surface area contributed by atoms with Crippen molar-refractivity contribution in [1.82, 2.24) is 20.1 Å². The zero-order valence-electron chi connectivity index (χ0n) is 17.2. The summed E-state index contributed by atoms with van der Waals surface area (Å²) in [6, 6.07) is 16.8. The molecule has 160 valence electrons. The molecule has 30 heavy (non-hydrogen) atoms. The van der Waals surface area contributed by atoms with Gasteiger partial charge in [-0.2, -0.15) is 5.10 Å². The summed E-state index contributed by atoms with van der Waals surface area (Å²) < 4.78 is 7.13. The highest BCUT2D eigenvalue weighted by molar-refractivity contribution is 14.0. The first-order chi connectivity index (χ1) is 14.3. The van der Waals surface area contributed by atoms with Crippen molar-refractivity contribution in [2.24, 2.45) is 10.7 Å². The van der Waals surface area contributed by atoms with E-state index in [-0.39, 0.29) is 24.0 Å². The van der Waals surface area contributed by atoms with Crippen LogP contribution in [0, 0.1) is 0 Å². The van der Waals surface area contributed by atoms with Gasteiger partial charge in [0.25, 0.3) is 0 Å². The van der Waals surface area contributed by atoms with Crippen LogP contribution in [0.4, 0.5) is 0 Å². The summed E-state index contributed by atoms with van der Waals surface area (Å²) in [7, 11) is 0. The number of halogens is 1. The maximum absolute atomic E-state index is 5.99. The lowest BCUT2D eigenvalue weighted by Gasteiger charge is -2.10. The molecule has 0 aliphatic heterocycles. The number of nitrogens with zero attached hydrogens (tertiary/aromatic N) is 4. The molecule has 0 bridgehead atoms. The Bertz CT molecular complexity index is 896. The Kier molecular flexibility index (Phi) is 10.3. The normalized spacial score (nSPS) is 11.2. The van der Waals surface area contributed by atoms with Gasteiger partial charge < -0.3 is 15.8 Å². The first-order valence-corrected chi connectivity index (χ1v) is 9.87.